The molecule has 0 spiro atoms. The first-order valence-electron chi connectivity index (χ1n) is 7.25. The molecular formula is C15H22N2OS2. The third-order valence-corrected chi connectivity index (χ3v) is 5.82. The van der Waals surface area contributed by atoms with Crippen molar-refractivity contribution >= 4 is 33.6 Å². The van der Waals surface area contributed by atoms with Crippen molar-refractivity contribution in [3.05, 3.63) is 24.3 Å². The molecule has 5 heteroatoms. The van der Waals surface area contributed by atoms with Gasteiger partial charge in [0, 0.05) is 5.75 Å². The van der Waals surface area contributed by atoms with E-state index in [2.05, 4.69) is 34.5 Å². The third kappa shape index (κ3) is 5.37. The average Bonchev–Trinajstić information content (AvgIpc) is 2.95. The molecule has 0 fully saturated rings. The van der Waals surface area contributed by atoms with E-state index >= 15 is 0 Å². The molecule has 1 aliphatic carbocycles. The molecule has 20 heavy (non-hydrogen) atoms. The van der Waals surface area contributed by atoms with E-state index in [1.165, 1.54) is 0 Å². The number of nitrogens with zero attached hydrogens (tertiary/aromatic N) is 2. The molecule has 110 valence electrons. The van der Waals surface area contributed by atoms with Crippen LogP contribution >= 0.6 is 23.5 Å². The van der Waals surface area contributed by atoms with Gasteiger partial charge in [-0.15, -0.1) is 0 Å². The zero-order valence-electron chi connectivity index (χ0n) is 11.7. The first-order chi connectivity index (χ1) is 9.90. The second-order valence-electron chi connectivity index (χ2n) is 4.83. The van der Waals surface area contributed by atoms with Gasteiger partial charge in [0.2, 0.25) is 0 Å². The predicted octanol–water partition coefficient (Wildman–Crippen LogP) is 4.49. The number of hydrogen-bond acceptors (Lipinski definition) is 5. The summed E-state index contributed by atoms with van der Waals surface area (Å²) in [4.78, 5) is 4.50. The van der Waals surface area contributed by atoms with Crippen LogP contribution in [0.25, 0.3) is 0 Å². The Morgan fingerprint density at radius 2 is 1.90 bits per heavy atom. The Labute approximate surface area is 129 Å². The van der Waals surface area contributed by atoms with Gasteiger partial charge in [0.05, 0.1) is 17.5 Å². The maximum Gasteiger partial charge on any atom is 0.125 e. The van der Waals surface area contributed by atoms with Gasteiger partial charge in [0.25, 0.3) is 0 Å². The number of thioether (sulfide) groups is 2. The molecule has 2 aliphatic rings. The van der Waals surface area contributed by atoms with Gasteiger partial charge in [-0.25, -0.2) is 0 Å². The summed E-state index contributed by atoms with van der Waals surface area (Å²) in [5, 5.41) is 13.2. The van der Waals surface area contributed by atoms with Crippen molar-refractivity contribution in [3.63, 3.8) is 0 Å². The van der Waals surface area contributed by atoms with Gasteiger partial charge in [0.15, 0.2) is 0 Å². The Hall–Kier alpha value is -0.680. The molecule has 0 aromatic rings. The number of hydrogen-bond donors (Lipinski definition) is 1. The second kappa shape index (κ2) is 9.29. The van der Waals surface area contributed by atoms with E-state index in [1.807, 2.05) is 11.8 Å². The van der Waals surface area contributed by atoms with Crippen molar-refractivity contribution in [2.75, 3.05) is 12.3 Å². The Morgan fingerprint density at radius 1 is 1.15 bits per heavy atom. The van der Waals surface area contributed by atoms with Gasteiger partial charge in [-0.3, -0.25) is 4.99 Å². The van der Waals surface area contributed by atoms with Crippen LogP contribution < -0.4 is 0 Å². The Balaban J connectivity index is 2.01. The summed E-state index contributed by atoms with van der Waals surface area (Å²) in [5.74, 6) is 1.09. The van der Waals surface area contributed by atoms with Crippen molar-refractivity contribution in [1.82, 2.24) is 0 Å². The molecule has 0 amide bonds. The zero-order chi connectivity index (χ0) is 14.0. The highest BCUT2D eigenvalue weighted by Gasteiger charge is 2.21. The van der Waals surface area contributed by atoms with Gasteiger partial charge in [-0.2, -0.15) is 0 Å². The van der Waals surface area contributed by atoms with Crippen LogP contribution in [0.4, 0.5) is 0 Å². The van der Waals surface area contributed by atoms with Crippen LogP contribution in [0.1, 0.15) is 38.5 Å². The van der Waals surface area contributed by atoms with Crippen molar-refractivity contribution in [1.29, 1.82) is 0 Å². The van der Waals surface area contributed by atoms with Crippen LogP contribution in [0.5, 0.6) is 0 Å². The zero-order valence-corrected chi connectivity index (χ0v) is 13.3. The maximum atomic E-state index is 9.33. The van der Waals surface area contributed by atoms with Gasteiger partial charge >= 0.3 is 0 Å². The topological polar surface area (TPSA) is 45.0 Å². The lowest BCUT2D eigenvalue weighted by Crippen LogP contribution is -2.18. The largest absolute Gasteiger partial charge is 0.411 e. The standard InChI is InChI=1S/C15H22N2OS2/c18-17-13-9-7-5-3-1-2-4-6-8-10-14(13)20-15-16-11-12-19-15/h3-6,14,18H,1-2,7-12H2/b5-3+,6-4+,17-13-/t14-/m0/s1. The highest BCUT2D eigenvalue weighted by atomic mass is 32.2. The fourth-order valence-corrected chi connectivity index (χ4v) is 4.59. The summed E-state index contributed by atoms with van der Waals surface area (Å²) in [5.41, 5.74) is 0.906. The highest BCUT2D eigenvalue weighted by molar-refractivity contribution is 8.39. The van der Waals surface area contributed by atoms with Crippen LogP contribution in [-0.2, 0) is 0 Å². The van der Waals surface area contributed by atoms with Crippen molar-refractivity contribution < 1.29 is 5.21 Å². The lowest BCUT2D eigenvalue weighted by atomic mass is 10.1. The molecule has 3 nitrogen and oxygen atoms in total. The van der Waals surface area contributed by atoms with E-state index in [1.54, 1.807) is 11.8 Å². The number of allylic oxidation sites excluding steroid dienone is 4. The van der Waals surface area contributed by atoms with Crippen molar-refractivity contribution in [2.24, 2.45) is 10.1 Å². The van der Waals surface area contributed by atoms with Crippen LogP contribution in [0, 0.1) is 0 Å². The molecular weight excluding hydrogens is 288 g/mol. The van der Waals surface area contributed by atoms with Gasteiger partial charge < -0.3 is 5.21 Å². The summed E-state index contributed by atoms with van der Waals surface area (Å²) < 4.78 is 1.16. The van der Waals surface area contributed by atoms with Gasteiger partial charge in [-0.05, 0) is 38.5 Å². The Kier molecular flexibility index (Phi) is 7.30. The molecule has 0 radical (unpaired) electrons. The summed E-state index contributed by atoms with van der Waals surface area (Å²) in [7, 11) is 0. The minimum Gasteiger partial charge on any atom is -0.411 e. The number of rotatable bonds is 1. The molecule has 0 aromatic carbocycles. The van der Waals surface area contributed by atoms with Crippen LogP contribution in [0.15, 0.2) is 34.5 Å². The Morgan fingerprint density at radius 3 is 2.60 bits per heavy atom. The molecule has 0 saturated carbocycles. The van der Waals surface area contributed by atoms with Crippen molar-refractivity contribution in [2.45, 2.75) is 43.8 Å². The summed E-state index contributed by atoms with van der Waals surface area (Å²) in [6, 6.07) is 0. The maximum absolute atomic E-state index is 9.33. The minimum absolute atomic E-state index is 0.252. The molecule has 1 heterocycles. The minimum atomic E-state index is 0.252. The molecule has 2 rings (SSSR count). The van der Waals surface area contributed by atoms with E-state index < -0.39 is 0 Å². The average molecular weight is 310 g/mol. The molecule has 0 bridgehead atoms. The molecule has 1 N–H and O–H groups in total. The molecule has 1 atom stereocenters. The van der Waals surface area contributed by atoms with Crippen LogP contribution in [0.3, 0.4) is 0 Å². The summed E-state index contributed by atoms with van der Waals surface area (Å²) in [6.45, 7) is 0.925. The SMILES string of the molecule is O/N=C1/CC/C=C/CC/C=C/CC[C@@H]1SC1=NCCS1. The quantitative estimate of drug-likeness (QED) is 0.441. The van der Waals surface area contributed by atoms with Gasteiger partial charge in [0.1, 0.15) is 4.38 Å². The van der Waals surface area contributed by atoms with E-state index in [4.69, 9.17) is 0 Å². The van der Waals surface area contributed by atoms with Gasteiger partial charge in [-0.1, -0.05) is 53.0 Å². The lowest BCUT2D eigenvalue weighted by molar-refractivity contribution is 0.316. The van der Waals surface area contributed by atoms with Crippen LogP contribution in [-0.4, -0.2) is 32.8 Å². The Bertz CT molecular complexity index is 416. The van der Waals surface area contributed by atoms with Crippen molar-refractivity contribution in [3.8, 4) is 0 Å². The fraction of sp³-hybridized carbons (Fsp3) is 0.600. The fourth-order valence-electron chi connectivity index (χ4n) is 2.22. The molecule has 0 unspecified atom stereocenters. The van der Waals surface area contributed by atoms with E-state index in [0.717, 1.165) is 60.9 Å². The molecule has 0 aromatic heterocycles. The number of aliphatic imine (C=N–C) groups is 1. The third-order valence-electron chi connectivity index (χ3n) is 3.30. The molecule has 1 aliphatic heterocycles. The number of oxime groups is 1. The first-order valence-corrected chi connectivity index (χ1v) is 9.11. The first kappa shape index (κ1) is 15.7. The second-order valence-corrected chi connectivity index (χ2v) is 7.36. The monoisotopic (exact) mass is 310 g/mol. The summed E-state index contributed by atoms with van der Waals surface area (Å²) >= 11 is 3.60. The molecule has 0 saturated heterocycles. The van der Waals surface area contributed by atoms with E-state index in [0.29, 0.717) is 0 Å². The van der Waals surface area contributed by atoms with Crippen LogP contribution in [0.2, 0.25) is 0 Å². The van der Waals surface area contributed by atoms with E-state index in [9.17, 15) is 5.21 Å². The highest BCUT2D eigenvalue weighted by Crippen LogP contribution is 2.30. The normalized spacial score (nSPS) is 30.3. The lowest BCUT2D eigenvalue weighted by Gasteiger charge is -2.16. The van der Waals surface area contributed by atoms with E-state index in [-0.39, 0.29) is 5.25 Å². The smallest absolute Gasteiger partial charge is 0.125 e. The summed E-state index contributed by atoms with van der Waals surface area (Å²) in [6.07, 6.45) is 15.0. The predicted molar refractivity (Wildman–Crippen MR) is 91.3 cm³/mol.